The van der Waals surface area contributed by atoms with Gasteiger partial charge in [-0.15, -0.1) is 0 Å². The summed E-state index contributed by atoms with van der Waals surface area (Å²) < 4.78 is 0. The third-order valence-corrected chi connectivity index (χ3v) is 3.31. The number of likely N-dealkylation sites (tertiary alicyclic amines) is 1. The molecule has 1 saturated heterocycles. The van der Waals surface area contributed by atoms with Gasteiger partial charge < -0.3 is 5.32 Å². The molecule has 4 heteroatoms. The predicted octanol–water partition coefficient (Wildman–Crippen LogP) is 1.92. The van der Waals surface area contributed by atoms with E-state index in [1.807, 2.05) is 19.2 Å². The van der Waals surface area contributed by atoms with Crippen molar-refractivity contribution in [2.45, 2.75) is 25.4 Å². The largest absolute Gasteiger partial charge is 0.316 e. The van der Waals surface area contributed by atoms with E-state index in [2.05, 4.69) is 15.2 Å². The van der Waals surface area contributed by atoms with Crippen molar-refractivity contribution < 1.29 is 0 Å². The molecule has 0 spiro atoms. The van der Waals surface area contributed by atoms with Crippen LogP contribution in [-0.2, 0) is 6.54 Å². The first-order valence-corrected chi connectivity index (χ1v) is 6.16. The standard InChI is InChI=1S/C12H18ClN3/c1-14-11-3-2-6-16(8-11)9-12-7-10(13)4-5-15-12/h4-5,7,11,14H,2-3,6,8-9H2,1H3. The van der Waals surface area contributed by atoms with E-state index in [4.69, 9.17) is 11.6 Å². The Bertz CT molecular complexity index is 343. The van der Waals surface area contributed by atoms with E-state index >= 15 is 0 Å². The van der Waals surface area contributed by atoms with Gasteiger partial charge in [0, 0.05) is 30.4 Å². The molecule has 0 saturated carbocycles. The van der Waals surface area contributed by atoms with Gasteiger partial charge in [0.15, 0.2) is 0 Å². The van der Waals surface area contributed by atoms with E-state index in [9.17, 15) is 0 Å². The monoisotopic (exact) mass is 239 g/mol. The smallest absolute Gasteiger partial charge is 0.0558 e. The number of piperidine rings is 1. The Kier molecular flexibility index (Phi) is 4.16. The van der Waals surface area contributed by atoms with Crippen LogP contribution in [-0.4, -0.2) is 36.1 Å². The zero-order valence-corrected chi connectivity index (χ0v) is 10.4. The molecule has 0 bridgehead atoms. The van der Waals surface area contributed by atoms with Crippen molar-refractivity contribution in [2.75, 3.05) is 20.1 Å². The molecule has 0 aliphatic carbocycles. The zero-order chi connectivity index (χ0) is 11.4. The van der Waals surface area contributed by atoms with Crippen molar-refractivity contribution in [1.29, 1.82) is 0 Å². The summed E-state index contributed by atoms with van der Waals surface area (Å²) in [5.41, 5.74) is 1.06. The normalized spacial score (nSPS) is 22.2. The second-order valence-corrected chi connectivity index (χ2v) is 4.76. The van der Waals surface area contributed by atoms with Crippen LogP contribution in [0.15, 0.2) is 18.3 Å². The van der Waals surface area contributed by atoms with E-state index in [1.165, 1.54) is 12.8 Å². The molecule has 1 aliphatic rings. The molecule has 3 nitrogen and oxygen atoms in total. The van der Waals surface area contributed by atoms with Gasteiger partial charge in [0.2, 0.25) is 0 Å². The number of nitrogens with one attached hydrogen (secondary N) is 1. The zero-order valence-electron chi connectivity index (χ0n) is 9.62. The third kappa shape index (κ3) is 3.17. The van der Waals surface area contributed by atoms with Crippen LogP contribution >= 0.6 is 11.6 Å². The lowest BCUT2D eigenvalue weighted by atomic mass is 10.1. The first-order chi connectivity index (χ1) is 7.78. The lowest BCUT2D eigenvalue weighted by Crippen LogP contribution is -2.43. The number of hydrogen-bond acceptors (Lipinski definition) is 3. The first-order valence-electron chi connectivity index (χ1n) is 5.78. The molecule has 16 heavy (non-hydrogen) atoms. The van der Waals surface area contributed by atoms with Crippen molar-refractivity contribution in [2.24, 2.45) is 0 Å². The molecule has 2 heterocycles. The Balaban J connectivity index is 1.94. The van der Waals surface area contributed by atoms with Crippen molar-refractivity contribution in [3.8, 4) is 0 Å². The predicted molar refractivity (Wildman–Crippen MR) is 66.6 cm³/mol. The number of halogens is 1. The quantitative estimate of drug-likeness (QED) is 0.874. The Morgan fingerprint density at radius 2 is 2.50 bits per heavy atom. The molecule has 0 aromatic carbocycles. The summed E-state index contributed by atoms with van der Waals surface area (Å²) in [6.45, 7) is 3.16. The minimum Gasteiger partial charge on any atom is -0.316 e. The number of rotatable bonds is 3. The summed E-state index contributed by atoms with van der Waals surface area (Å²) >= 11 is 5.95. The van der Waals surface area contributed by atoms with Crippen LogP contribution in [0.5, 0.6) is 0 Å². The van der Waals surface area contributed by atoms with Crippen LogP contribution in [0.2, 0.25) is 5.02 Å². The minimum atomic E-state index is 0.618. The molecule has 2 rings (SSSR count). The maximum Gasteiger partial charge on any atom is 0.0558 e. The van der Waals surface area contributed by atoms with E-state index in [0.717, 1.165) is 30.4 Å². The fourth-order valence-electron chi connectivity index (χ4n) is 2.20. The van der Waals surface area contributed by atoms with Crippen LogP contribution in [0.3, 0.4) is 0 Å². The lowest BCUT2D eigenvalue weighted by Gasteiger charge is -2.32. The van der Waals surface area contributed by atoms with Crippen LogP contribution in [0.25, 0.3) is 0 Å². The highest BCUT2D eigenvalue weighted by Gasteiger charge is 2.18. The third-order valence-electron chi connectivity index (χ3n) is 3.08. The average Bonchev–Trinajstić information content (AvgIpc) is 2.29. The molecule has 0 amide bonds. The molecular formula is C12H18ClN3. The van der Waals surface area contributed by atoms with Crippen LogP contribution < -0.4 is 5.32 Å². The Morgan fingerprint density at radius 1 is 1.62 bits per heavy atom. The number of likely N-dealkylation sites (N-methyl/N-ethyl adjacent to an activating group) is 1. The van der Waals surface area contributed by atoms with Gasteiger partial charge in [-0.2, -0.15) is 0 Å². The Labute approximate surface area is 102 Å². The highest BCUT2D eigenvalue weighted by Crippen LogP contribution is 2.14. The van der Waals surface area contributed by atoms with E-state index in [0.29, 0.717) is 6.04 Å². The van der Waals surface area contributed by atoms with Gasteiger partial charge in [0.25, 0.3) is 0 Å². The summed E-state index contributed by atoms with van der Waals surface area (Å²) in [5.74, 6) is 0. The van der Waals surface area contributed by atoms with Crippen molar-refractivity contribution in [1.82, 2.24) is 15.2 Å². The minimum absolute atomic E-state index is 0.618. The highest BCUT2D eigenvalue weighted by molar-refractivity contribution is 6.30. The van der Waals surface area contributed by atoms with Gasteiger partial charge >= 0.3 is 0 Å². The summed E-state index contributed by atoms with van der Waals surface area (Å²) in [7, 11) is 2.03. The van der Waals surface area contributed by atoms with Gasteiger partial charge in [-0.3, -0.25) is 9.88 Å². The molecule has 1 unspecified atom stereocenters. The number of hydrogen-bond donors (Lipinski definition) is 1. The lowest BCUT2D eigenvalue weighted by molar-refractivity contribution is 0.186. The second-order valence-electron chi connectivity index (χ2n) is 4.33. The van der Waals surface area contributed by atoms with Gasteiger partial charge in [-0.25, -0.2) is 0 Å². The highest BCUT2D eigenvalue weighted by atomic mass is 35.5. The van der Waals surface area contributed by atoms with Crippen LogP contribution in [0.4, 0.5) is 0 Å². The van der Waals surface area contributed by atoms with E-state index < -0.39 is 0 Å². The van der Waals surface area contributed by atoms with E-state index in [1.54, 1.807) is 6.20 Å². The molecule has 1 fully saturated rings. The SMILES string of the molecule is CNC1CCCN(Cc2cc(Cl)ccn2)C1. The molecule has 1 atom stereocenters. The molecule has 1 aromatic rings. The fourth-order valence-corrected chi connectivity index (χ4v) is 2.38. The van der Waals surface area contributed by atoms with Crippen LogP contribution in [0.1, 0.15) is 18.5 Å². The van der Waals surface area contributed by atoms with Crippen molar-refractivity contribution in [3.05, 3.63) is 29.0 Å². The summed E-state index contributed by atoms with van der Waals surface area (Å²) in [4.78, 5) is 6.77. The molecule has 1 N–H and O–H groups in total. The van der Waals surface area contributed by atoms with E-state index in [-0.39, 0.29) is 0 Å². The van der Waals surface area contributed by atoms with Gasteiger partial charge in [-0.05, 0) is 38.6 Å². The Hall–Kier alpha value is -0.640. The summed E-state index contributed by atoms with van der Waals surface area (Å²) in [6.07, 6.45) is 4.30. The number of nitrogens with zero attached hydrogens (tertiary/aromatic N) is 2. The number of pyridine rings is 1. The van der Waals surface area contributed by atoms with Gasteiger partial charge in [-0.1, -0.05) is 11.6 Å². The molecule has 88 valence electrons. The van der Waals surface area contributed by atoms with Gasteiger partial charge in [0.1, 0.15) is 0 Å². The molecule has 0 radical (unpaired) electrons. The fraction of sp³-hybridized carbons (Fsp3) is 0.583. The molecule has 1 aromatic heterocycles. The topological polar surface area (TPSA) is 28.2 Å². The average molecular weight is 240 g/mol. The second kappa shape index (κ2) is 5.62. The van der Waals surface area contributed by atoms with Crippen molar-refractivity contribution in [3.63, 3.8) is 0 Å². The van der Waals surface area contributed by atoms with Crippen LogP contribution in [0, 0.1) is 0 Å². The maximum absolute atomic E-state index is 5.95. The molecule has 1 aliphatic heterocycles. The number of aromatic nitrogens is 1. The summed E-state index contributed by atoms with van der Waals surface area (Å²) in [6, 6.07) is 4.38. The summed E-state index contributed by atoms with van der Waals surface area (Å²) in [5, 5.41) is 4.11. The molecular weight excluding hydrogens is 222 g/mol. The van der Waals surface area contributed by atoms with Crippen molar-refractivity contribution >= 4 is 11.6 Å². The maximum atomic E-state index is 5.95. The Morgan fingerprint density at radius 3 is 3.25 bits per heavy atom. The van der Waals surface area contributed by atoms with Gasteiger partial charge in [0.05, 0.1) is 5.69 Å². The first kappa shape index (κ1) is 11.8.